The maximum absolute atomic E-state index is 12.4. The molecule has 1 amide bonds. The predicted molar refractivity (Wildman–Crippen MR) is 98.1 cm³/mol. The van der Waals surface area contributed by atoms with E-state index >= 15 is 0 Å². The van der Waals surface area contributed by atoms with Gasteiger partial charge in [0.05, 0.1) is 18.8 Å². The van der Waals surface area contributed by atoms with Gasteiger partial charge in [-0.2, -0.15) is 0 Å². The van der Waals surface area contributed by atoms with E-state index in [4.69, 9.17) is 4.74 Å². The largest absolute Gasteiger partial charge is 0.469 e. The van der Waals surface area contributed by atoms with E-state index < -0.39 is 0 Å². The smallest absolute Gasteiger partial charge is 0.310 e. The van der Waals surface area contributed by atoms with Crippen LogP contribution in [-0.4, -0.2) is 42.7 Å². The fourth-order valence-corrected chi connectivity index (χ4v) is 3.35. The number of hydrogen-bond donors (Lipinski definition) is 0. The zero-order valence-corrected chi connectivity index (χ0v) is 15.1. The minimum atomic E-state index is -0.315. The second kappa shape index (κ2) is 8.73. The highest BCUT2D eigenvalue weighted by Crippen LogP contribution is 2.24. The molecule has 128 valence electrons. The van der Waals surface area contributed by atoms with E-state index in [1.165, 1.54) is 29.6 Å². The topological polar surface area (TPSA) is 46.6 Å². The summed E-state index contributed by atoms with van der Waals surface area (Å²) < 4.78 is 4.73. The summed E-state index contributed by atoms with van der Waals surface area (Å²) in [5, 5.41) is 2.36. The van der Waals surface area contributed by atoms with Crippen LogP contribution in [0, 0.1) is 5.92 Å². The van der Waals surface area contributed by atoms with Gasteiger partial charge in [-0.25, -0.2) is 0 Å². The zero-order valence-electron chi connectivity index (χ0n) is 14.3. The highest BCUT2D eigenvalue weighted by molar-refractivity contribution is 8.00. The summed E-state index contributed by atoms with van der Waals surface area (Å²) in [6, 6.07) is 14.4. The van der Waals surface area contributed by atoms with E-state index in [0.29, 0.717) is 18.8 Å². The Morgan fingerprint density at radius 2 is 1.88 bits per heavy atom. The van der Waals surface area contributed by atoms with Crippen LogP contribution in [0.2, 0.25) is 0 Å². The average Bonchev–Trinajstić information content (AvgIpc) is 2.62. The molecule has 2 rings (SSSR count). The number of carbonyl (C=O) groups is 2. The molecular formula is C19H23NO3S. The number of hydrogen-bond acceptors (Lipinski definition) is 4. The lowest BCUT2D eigenvalue weighted by molar-refractivity contribution is -0.146. The van der Waals surface area contributed by atoms with Crippen LogP contribution in [0.1, 0.15) is 13.8 Å². The quantitative estimate of drug-likeness (QED) is 0.568. The molecule has 24 heavy (non-hydrogen) atoms. The molecule has 1 unspecified atom stereocenters. The fourth-order valence-electron chi connectivity index (χ4n) is 2.51. The van der Waals surface area contributed by atoms with Crippen molar-refractivity contribution in [3.8, 4) is 0 Å². The molecule has 0 saturated heterocycles. The van der Waals surface area contributed by atoms with Crippen molar-refractivity contribution in [1.82, 2.24) is 4.90 Å². The maximum atomic E-state index is 12.4. The first-order valence-electron chi connectivity index (χ1n) is 8.02. The molecule has 0 heterocycles. The summed E-state index contributed by atoms with van der Waals surface area (Å²) in [6.07, 6.45) is 0. The van der Waals surface area contributed by atoms with Gasteiger partial charge in [0.1, 0.15) is 0 Å². The van der Waals surface area contributed by atoms with Crippen molar-refractivity contribution in [2.24, 2.45) is 5.92 Å². The average molecular weight is 345 g/mol. The molecule has 2 aromatic rings. The third-order valence-electron chi connectivity index (χ3n) is 3.92. The van der Waals surface area contributed by atoms with Crippen LogP contribution in [0.15, 0.2) is 47.4 Å². The van der Waals surface area contributed by atoms with Gasteiger partial charge in [0.2, 0.25) is 5.91 Å². The van der Waals surface area contributed by atoms with Crippen LogP contribution in [0.25, 0.3) is 10.8 Å². The van der Waals surface area contributed by atoms with E-state index in [0.717, 1.165) is 4.90 Å². The third kappa shape index (κ3) is 4.74. The summed E-state index contributed by atoms with van der Waals surface area (Å²) in [5.74, 6) is -0.209. The van der Waals surface area contributed by atoms with Gasteiger partial charge >= 0.3 is 5.97 Å². The first-order valence-corrected chi connectivity index (χ1v) is 9.01. The van der Waals surface area contributed by atoms with Crippen molar-refractivity contribution < 1.29 is 14.3 Å². The van der Waals surface area contributed by atoms with Crippen molar-refractivity contribution in [1.29, 1.82) is 0 Å². The minimum Gasteiger partial charge on any atom is -0.469 e. The van der Waals surface area contributed by atoms with Crippen LogP contribution in [-0.2, 0) is 14.3 Å². The number of ether oxygens (including phenoxy) is 1. The van der Waals surface area contributed by atoms with Gasteiger partial charge in [-0.15, -0.1) is 11.8 Å². The summed E-state index contributed by atoms with van der Waals surface area (Å²) >= 11 is 1.52. The van der Waals surface area contributed by atoms with E-state index in [9.17, 15) is 9.59 Å². The van der Waals surface area contributed by atoms with Crippen molar-refractivity contribution >= 4 is 34.4 Å². The number of amides is 1. The Balaban J connectivity index is 1.95. The van der Waals surface area contributed by atoms with Crippen molar-refractivity contribution in [2.75, 3.05) is 26.0 Å². The molecule has 0 radical (unpaired) electrons. The summed E-state index contributed by atoms with van der Waals surface area (Å²) in [5.41, 5.74) is 0. The van der Waals surface area contributed by atoms with Crippen LogP contribution in [0.5, 0.6) is 0 Å². The summed E-state index contributed by atoms with van der Waals surface area (Å²) in [6.45, 7) is 4.67. The normalized spacial score (nSPS) is 12.0. The second-order valence-corrected chi connectivity index (χ2v) is 6.70. The monoisotopic (exact) mass is 345 g/mol. The van der Waals surface area contributed by atoms with Crippen LogP contribution in [0.3, 0.4) is 0 Å². The first-order chi connectivity index (χ1) is 11.5. The standard InChI is InChI=1S/C19H23NO3S/c1-4-20(12-14(2)19(22)23-3)18(21)13-24-17-10-9-15-7-5-6-8-16(15)11-17/h5-11,14H,4,12-13H2,1-3H3. The molecule has 2 aromatic carbocycles. The highest BCUT2D eigenvalue weighted by Gasteiger charge is 2.20. The Bertz CT molecular complexity index is 717. The molecule has 0 saturated carbocycles. The Hall–Kier alpha value is -2.01. The molecule has 4 nitrogen and oxygen atoms in total. The predicted octanol–water partition coefficient (Wildman–Crippen LogP) is 3.59. The Morgan fingerprint density at radius 3 is 2.54 bits per heavy atom. The van der Waals surface area contributed by atoms with Gasteiger partial charge in [-0.1, -0.05) is 37.3 Å². The number of methoxy groups -OCH3 is 1. The molecular weight excluding hydrogens is 322 g/mol. The lowest BCUT2D eigenvalue weighted by atomic mass is 10.1. The van der Waals surface area contributed by atoms with Gasteiger partial charge < -0.3 is 9.64 Å². The fraction of sp³-hybridized carbons (Fsp3) is 0.368. The number of esters is 1. The molecule has 0 aliphatic rings. The number of rotatable bonds is 7. The molecule has 0 aliphatic carbocycles. The van der Waals surface area contributed by atoms with Crippen molar-refractivity contribution in [3.63, 3.8) is 0 Å². The van der Waals surface area contributed by atoms with Gasteiger partial charge in [-0.05, 0) is 29.8 Å². The maximum Gasteiger partial charge on any atom is 0.310 e. The van der Waals surface area contributed by atoms with E-state index in [1.807, 2.05) is 25.1 Å². The second-order valence-electron chi connectivity index (χ2n) is 5.65. The number of fused-ring (bicyclic) bond motifs is 1. The molecule has 0 aliphatic heterocycles. The lowest BCUT2D eigenvalue weighted by Crippen LogP contribution is -2.38. The van der Waals surface area contributed by atoms with Crippen LogP contribution < -0.4 is 0 Å². The van der Waals surface area contributed by atoms with E-state index in [-0.39, 0.29) is 17.8 Å². The molecule has 0 bridgehead atoms. The third-order valence-corrected chi connectivity index (χ3v) is 4.89. The number of carbonyl (C=O) groups excluding carboxylic acids is 2. The first kappa shape index (κ1) is 18.3. The molecule has 0 fully saturated rings. The van der Waals surface area contributed by atoms with Crippen LogP contribution >= 0.6 is 11.8 Å². The van der Waals surface area contributed by atoms with Crippen molar-refractivity contribution in [3.05, 3.63) is 42.5 Å². The Labute approximate surface area is 147 Å². The van der Waals surface area contributed by atoms with E-state index in [1.54, 1.807) is 11.8 Å². The molecule has 0 aromatic heterocycles. The summed E-state index contributed by atoms with van der Waals surface area (Å²) in [7, 11) is 1.37. The number of benzene rings is 2. The Morgan fingerprint density at radius 1 is 1.17 bits per heavy atom. The Kier molecular flexibility index (Phi) is 6.67. The van der Waals surface area contributed by atoms with Gasteiger partial charge in [-0.3, -0.25) is 9.59 Å². The van der Waals surface area contributed by atoms with Gasteiger partial charge in [0, 0.05) is 18.0 Å². The number of nitrogens with zero attached hydrogens (tertiary/aromatic N) is 1. The molecule has 0 spiro atoms. The van der Waals surface area contributed by atoms with Crippen molar-refractivity contribution in [2.45, 2.75) is 18.7 Å². The van der Waals surface area contributed by atoms with Gasteiger partial charge in [0.15, 0.2) is 0 Å². The minimum absolute atomic E-state index is 0.0337. The number of thioether (sulfide) groups is 1. The molecule has 5 heteroatoms. The molecule has 1 atom stereocenters. The van der Waals surface area contributed by atoms with Gasteiger partial charge in [0.25, 0.3) is 0 Å². The van der Waals surface area contributed by atoms with Crippen LogP contribution in [0.4, 0.5) is 0 Å². The SMILES string of the molecule is CCN(CC(C)C(=O)OC)C(=O)CSc1ccc2ccccc2c1. The molecule has 0 N–H and O–H groups in total. The highest BCUT2D eigenvalue weighted by atomic mass is 32.2. The summed E-state index contributed by atoms with van der Waals surface area (Å²) in [4.78, 5) is 26.7. The zero-order chi connectivity index (χ0) is 17.5. The van der Waals surface area contributed by atoms with E-state index in [2.05, 4.69) is 24.3 Å². The lowest BCUT2D eigenvalue weighted by Gasteiger charge is -2.23.